The standard InChI is InChI=1S/C26H23F3N8O3S/c1-15-11-12-36-21(15)25(38)37(19-9-4-3-5-10-19)24(34-36)16(2)33-23-20(22(30)31-14-32-23)17-7-6-8-18(13-17)35-41(39,40)26(27,28)29/h3-14,16,35H,1-2H3,(H3,30,31,32,33). The number of benzene rings is 2. The minimum atomic E-state index is -5.65. The fraction of sp³-hybridized carbons (Fsp3) is 0.154. The number of nitrogen functional groups attached to an aromatic ring is 1. The fourth-order valence-electron chi connectivity index (χ4n) is 4.35. The summed E-state index contributed by atoms with van der Waals surface area (Å²) < 4.78 is 66.6. The molecule has 15 heteroatoms. The van der Waals surface area contributed by atoms with Crippen molar-refractivity contribution in [3.05, 3.63) is 94.9 Å². The number of aromatic nitrogens is 5. The smallest absolute Gasteiger partial charge is 0.383 e. The van der Waals surface area contributed by atoms with Gasteiger partial charge in [-0.2, -0.15) is 26.7 Å². The molecule has 212 valence electrons. The largest absolute Gasteiger partial charge is 0.516 e. The van der Waals surface area contributed by atoms with Gasteiger partial charge in [0.05, 0.1) is 17.3 Å². The van der Waals surface area contributed by atoms with Gasteiger partial charge in [-0.15, -0.1) is 0 Å². The van der Waals surface area contributed by atoms with Crippen molar-refractivity contribution in [1.29, 1.82) is 0 Å². The van der Waals surface area contributed by atoms with Crippen molar-refractivity contribution < 1.29 is 21.6 Å². The van der Waals surface area contributed by atoms with E-state index in [0.29, 0.717) is 17.0 Å². The van der Waals surface area contributed by atoms with Crippen LogP contribution < -0.4 is 21.3 Å². The average Bonchev–Trinajstić information content (AvgIpc) is 3.29. The molecular weight excluding hydrogens is 561 g/mol. The van der Waals surface area contributed by atoms with Crippen LogP contribution in [0.4, 0.5) is 30.5 Å². The zero-order valence-corrected chi connectivity index (χ0v) is 22.4. The van der Waals surface area contributed by atoms with Gasteiger partial charge in [-0.1, -0.05) is 30.3 Å². The maximum atomic E-state index is 13.6. The molecule has 0 aliphatic heterocycles. The lowest BCUT2D eigenvalue weighted by Gasteiger charge is -2.21. The Morgan fingerprint density at radius 2 is 1.76 bits per heavy atom. The summed E-state index contributed by atoms with van der Waals surface area (Å²) in [5.41, 5.74) is 2.23. The lowest BCUT2D eigenvalue weighted by Crippen LogP contribution is -2.30. The molecule has 0 spiro atoms. The van der Waals surface area contributed by atoms with Gasteiger partial charge < -0.3 is 11.1 Å². The van der Waals surface area contributed by atoms with E-state index in [2.05, 4.69) is 15.3 Å². The molecule has 0 saturated carbocycles. The first-order valence-corrected chi connectivity index (χ1v) is 13.6. The van der Waals surface area contributed by atoms with Gasteiger partial charge in [0.25, 0.3) is 5.56 Å². The van der Waals surface area contributed by atoms with Crippen LogP contribution in [0, 0.1) is 6.92 Å². The van der Waals surface area contributed by atoms with Gasteiger partial charge in [0.2, 0.25) is 0 Å². The number of para-hydroxylation sites is 1. The third-order valence-electron chi connectivity index (χ3n) is 6.25. The summed E-state index contributed by atoms with van der Waals surface area (Å²) in [5, 5.41) is 7.87. The van der Waals surface area contributed by atoms with Crippen molar-refractivity contribution in [1.82, 2.24) is 24.1 Å². The third kappa shape index (κ3) is 5.18. The fourth-order valence-corrected chi connectivity index (χ4v) is 4.91. The van der Waals surface area contributed by atoms with E-state index in [1.165, 1.54) is 44.4 Å². The van der Waals surface area contributed by atoms with Gasteiger partial charge >= 0.3 is 15.5 Å². The first-order chi connectivity index (χ1) is 19.4. The Morgan fingerprint density at radius 1 is 1.02 bits per heavy atom. The lowest BCUT2D eigenvalue weighted by atomic mass is 10.1. The zero-order chi connectivity index (χ0) is 29.5. The summed E-state index contributed by atoms with van der Waals surface area (Å²) in [6.45, 7) is 3.56. The maximum Gasteiger partial charge on any atom is 0.516 e. The Morgan fingerprint density at radius 3 is 2.46 bits per heavy atom. The molecule has 2 aromatic carbocycles. The van der Waals surface area contributed by atoms with Gasteiger partial charge in [0.15, 0.2) is 5.82 Å². The topological polar surface area (TPSA) is 149 Å². The molecule has 0 saturated heterocycles. The molecule has 3 aromatic heterocycles. The third-order valence-corrected chi connectivity index (χ3v) is 7.37. The number of nitrogens with zero attached hydrogens (tertiary/aromatic N) is 5. The Labute approximate surface area is 231 Å². The summed E-state index contributed by atoms with van der Waals surface area (Å²) in [4.78, 5) is 21.9. The first-order valence-electron chi connectivity index (χ1n) is 12.1. The van der Waals surface area contributed by atoms with E-state index in [1.807, 2.05) is 13.0 Å². The van der Waals surface area contributed by atoms with Crippen LogP contribution in [0.3, 0.4) is 0 Å². The van der Waals surface area contributed by atoms with E-state index in [0.717, 1.165) is 5.56 Å². The number of hydrogen-bond donors (Lipinski definition) is 3. The summed E-state index contributed by atoms with van der Waals surface area (Å²) in [6.07, 6.45) is 2.87. The van der Waals surface area contributed by atoms with Crippen LogP contribution in [0.1, 0.15) is 24.4 Å². The molecular formula is C26H23F3N8O3S. The molecule has 5 rings (SSSR count). The predicted octanol–water partition coefficient (Wildman–Crippen LogP) is 4.27. The molecule has 0 amide bonds. The Hall–Kier alpha value is -4.92. The quantitative estimate of drug-likeness (QED) is 0.257. The van der Waals surface area contributed by atoms with Crippen molar-refractivity contribution in [2.75, 3.05) is 15.8 Å². The van der Waals surface area contributed by atoms with Crippen molar-refractivity contribution in [3.8, 4) is 16.8 Å². The van der Waals surface area contributed by atoms with E-state index >= 15 is 0 Å². The van der Waals surface area contributed by atoms with Crippen LogP contribution in [0.5, 0.6) is 0 Å². The number of anilines is 3. The molecule has 5 aromatic rings. The minimum absolute atomic E-state index is 0.0181. The number of halogens is 3. The van der Waals surface area contributed by atoms with Gasteiger partial charge in [-0.05, 0) is 55.3 Å². The number of sulfonamides is 1. The van der Waals surface area contributed by atoms with Crippen LogP contribution in [-0.4, -0.2) is 38.1 Å². The first kappa shape index (κ1) is 27.6. The van der Waals surface area contributed by atoms with E-state index in [4.69, 9.17) is 10.8 Å². The second-order valence-electron chi connectivity index (χ2n) is 9.11. The summed E-state index contributed by atoms with van der Waals surface area (Å²) >= 11 is 0. The minimum Gasteiger partial charge on any atom is -0.383 e. The van der Waals surface area contributed by atoms with E-state index in [9.17, 15) is 26.4 Å². The Bertz CT molecular complexity index is 1920. The number of nitrogens with two attached hydrogens (primary N) is 1. The van der Waals surface area contributed by atoms with Gasteiger partial charge in [0, 0.05) is 11.9 Å². The highest BCUT2D eigenvalue weighted by Crippen LogP contribution is 2.35. The molecule has 0 aliphatic rings. The van der Waals surface area contributed by atoms with Crippen LogP contribution >= 0.6 is 0 Å². The van der Waals surface area contributed by atoms with Crippen molar-refractivity contribution >= 4 is 32.9 Å². The highest BCUT2D eigenvalue weighted by molar-refractivity contribution is 7.93. The monoisotopic (exact) mass is 584 g/mol. The highest BCUT2D eigenvalue weighted by atomic mass is 32.2. The molecule has 0 fully saturated rings. The number of aryl methyl sites for hydroxylation is 1. The summed E-state index contributed by atoms with van der Waals surface area (Å²) in [7, 11) is -5.65. The van der Waals surface area contributed by atoms with Crippen molar-refractivity contribution in [3.63, 3.8) is 0 Å². The molecule has 41 heavy (non-hydrogen) atoms. The molecule has 1 unspecified atom stereocenters. The molecule has 0 bridgehead atoms. The van der Waals surface area contributed by atoms with Gasteiger partial charge in [-0.25, -0.2) is 14.5 Å². The second kappa shape index (κ2) is 10.2. The van der Waals surface area contributed by atoms with Crippen LogP contribution in [0.15, 0.2) is 78.0 Å². The number of alkyl halides is 3. The summed E-state index contributed by atoms with van der Waals surface area (Å²) in [6, 6.07) is 15.3. The van der Waals surface area contributed by atoms with Crippen LogP contribution in [-0.2, 0) is 10.0 Å². The highest BCUT2D eigenvalue weighted by Gasteiger charge is 2.46. The number of fused-ring (bicyclic) bond motifs is 1. The number of nitrogens with one attached hydrogen (secondary N) is 2. The van der Waals surface area contributed by atoms with E-state index in [1.54, 1.807) is 43.5 Å². The van der Waals surface area contributed by atoms with Crippen LogP contribution in [0.2, 0.25) is 0 Å². The van der Waals surface area contributed by atoms with Gasteiger partial charge in [0.1, 0.15) is 23.5 Å². The molecule has 0 aliphatic carbocycles. The number of hydrogen-bond acceptors (Lipinski definition) is 8. The molecule has 0 radical (unpaired) electrons. The van der Waals surface area contributed by atoms with Crippen molar-refractivity contribution in [2.24, 2.45) is 0 Å². The molecule has 3 heterocycles. The predicted molar refractivity (Wildman–Crippen MR) is 148 cm³/mol. The second-order valence-corrected chi connectivity index (χ2v) is 10.8. The zero-order valence-electron chi connectivity index (χ0n) is 21.6. The Kier molecular flexibility index (Phi) is 6.90. The van der Waals surface area contributed by atoms with E-state index in [-0.39, 0.29) is 34.0 Å². The lowest BCUT2D eigenvalue weighted by molar-refractivity contribution is -0.0429. The van der Waals surface area contributed by atoms with Gasteiger partial charge in [-0.3, -0.25) is 14.1 Å². The SMILES string of the molecule is Cc1ccn2nc(C(C)Nc3ncnc(N)c3-c3cccc(NS(=O)(=O)C(F)(F)F)c3)n(-c3ccccc3)c(=O)c12. The van der Waals surface area contributed by atoms with Crippen LogP contribution in [0.25, 0.3) is 22.3 Å². The summed E-state index contributed by atoms with van der Waals surface area (Å²) in [5.74, 6) is 0.494. The number of rotatable bonds is 7. The van der Waals surface area contributed by atoms with Crippen molar-refractivity contribution in [2.45, 2.75) is 25.4 Å². The molecule has 1 atom stereocenters. The molecule has 11 nitrogen and oxygen atoms in total. The molecule has 4 N–H and O–H groups in total. The Balaban J connectivity index is 1.58. The average molecular weight is 585 g/mol. The van der Waals surface area contributed by atoms with E-state index < -0.39 is 21.6 Å². The normalized spacial score (nSPS) is 12.8. The maximum absolute atomic E-state index is 13.6.